The first-order valence-corrected chi connectivity index (χ1v) is 6.72. The van der Waals surface area contributed by atoms with Gasteiger partial charge in [-0.2, -0.15) is 0 Å². The van der Waals surface area contributed by atoms with Gasteiger partial charge in [-0.3, -0.25) is 0 Å². The zero-order valence-corrected chi connectivity index (χ0v) is 11.5. The zero-order chi connectivity index (χ0) is 12.3. The van der Waals surface area contributed by atoms with E-state index in [4.69, 9.17) is 4.74 Å². The number of hydrogen-bond donors (Lipinski definition) is 0. The largest absolute Gasteiger partial charge is 0.461 e. The van der Waals surface area contributed by atoms with Crippen LogP contribution in [0.3, 0.4) is 0 Å². The molecule has 0 saturated carbocycles. The Hall–Kier alpha value is -1.20. The van der Waals surface area contributed by atoms with Gasteiger partial charge in [0.1, 0.15) is 8.79 Å². The van der Waals surface area contributed by atoms with E-state index >= 15 is 0 Å². The summed E-state index contributed by atoms with van der Waals surface area (Å²) < 4.78 is 5.64. The molecule has 0 N–H and O–H groups in total. The normalized spacial score (nSPS) is 10.2. The molecule has 0 bridgehead atoms. The number of esters is 1. The van der Waals surface area contributed by atoms with Crippen LogP contribution in [-0.4, -0.2) is 17.6 Å². The molecule has 3 nitrogen and oxygen atoms in total. The van der Waals surface area contributed by atoms with Gasteiger partial charge in [-0.25, -0.2) is 9.78 Å². The third-order valence-electron chi connectivity index (χ3n) is 2.08. The number of nitrogens with zero attached hydrogens (tertiary/aromatic N) is 1. The third kappa shape index (κ3) is 2.73. The van der Waals surface area contributed by atoms with Crippen molar-refractivity contribution < 1.29 is 9.53 Å². The molecule has 88 valence electrons. The maximum Gasteiger partial charge on any atom is 0.359 e. The van der Waals surface area contributed by atoms with E-state index in [0.717, 1.165) is 10.6 Å². The molecular weight excluding hydrogens is 302 g/mol. The van der Waals surface area contributed by atoms with Gasteiger partial charge in [0.2, 0.25) is 0 Å². The molecule has 5 heteroatoms. The molecule has 0 spiro atoms. The van der Waals surface area contributed by atoms with Crippen LogP contribution in [0.4, 0.5) is 0 Å². The second-order valence-electron chi connectivity index (χ2n) is 3.23. The summed E-state index contributed by atoms with van der Waals surface area (Å²) in [4.78, 5) is 15.9. The summed E-state index contributed by atoms with van der Waals surface area (Å²) in [7, 11) is 0. The molecule has 0 saturated heterocycles. The van der Waals surface area contributed by atoms with E-state index in [9.17, 15) is 4.79 Å². The van der Waals surface area contributed by atoms with Gasteiger partial charge in [0.25, 0.3) is 0 Å². The minimum Gasteiger partial charge on any atom is -0.461 e. The monoisotopic (exact) mass is 311 g/mol. The highest BCUT2D eigenvalue weighted by atomic mass is 79.9. The van der Waals surface area contributed by atoms with Gasteiger partial charge in [0.05, 0.1) is 6.61 Å². The fraction of sp³-hybridized carbons (Fsp3) is 0.167. The molecular formula is C12H10BrNO2S. The molecule has 0 aliphatic heterocycles. The van der Waals surface area contributed by atoms with Crippen LogP contribution in [0.5, 0.6) is 0 Å². The third-order valence-corrected chi connectivity index (χ3v) is 3.83. The Bertz CT molecular complexity index is 525. The second-order valence-corrected chi connectivity index (χ2v) is 5.54. The van der Waals surface area contributed by atoms with Crippen LogP contribution in [0.25, 0.3) is 10.6 Å². The highest BCUT2D eigenvalue weighted by molar-refractivity contribution is 9.11. The van der Waals surface area contributed by atoms with E-state index in [1.54, 1.807) is 6.92 Å². The van der Waals surface area contributed by atoms with Crippen LogP contribution < -0.4 is 0 Å². The SMILES string of the molecule is CCOC(=O)c1nc(-c2ccccc2)sc1Br. The second kappa shape index (κ2) is 5.42. The molecule has 0 fully saturated rings. The number of thiazole rings is 1. The highest BCUT2D eigenvalue weighted by Crippen LogP contribution is 2.32. The molecule has 1 heterocycles. The predicted octanol–water partition coefficient (Wildman–Crippen LogP) is 3.75. The number of carbonyl (C=O) groups is 1. The Labute approximate surface area is 112 Å². The number of aromatic nitrogens is 1. The minimum atomic E-state index is -0.391. The van der Waals surface area contributed by atoms with E-state index in [-0.39, 0.29) is 0 Å². The molecule has 1 aromatic carbocycles. The molecule has 1 aromatic heterocycles. The molecule has 2 rings (SSSR count). The summed E-state index contributed by atoms with van der Waals surface area (Å²) in [5.74, 6) is -0.391. The van der Waals surface area contributed by atoms with Crippen molar-refractivity contribution in [2.45, 2.75) is 6.92 Å². The average molecular weight is 312 g/mol. The van der Waals surface area contributed by atoms with Crippen molar-refractivity contribution in [3.05, 3.63) is 39.8 Å². The number of hydrogen-bond acceptors (Lipinski definition) is 4. The quantitative estimate of drug-likeness (QED) is 0.810. The maximum absolute atomic E-state index is 11.6. The summed E-state index contributed by atoms with van der Waals surface area (Å²) in [5.41, 5.74) is 1.34. The first-order chi connectivity index (χ1) is 8.22. The lowest BCUT2D eigenvalue weighted by Gasteiger charge is -1.97. The Morgan fingerprint density at radius 2 is 2.12 bits per heavy atom. The first-order valence-electron chi connectivity index (χ1n) is 5.11. The molecule has 0 radical (unpaired) electrons. The fourth-order valence-electron chi connectivity index (χ4n) is 1.33. The Kier molecular flexibility index (Phi) is 3.91. The summed E-state index contributed by atoms with van der Waals surface area (Å²) in [5, 5.41) is 0.806. The Balaban J connectivity index is 2.34. The molecule has 0 amide bonds. The van der Waals surface area contributed by atoms with Crippen molar-refractivity contribution in [2.75, 3.05) is 6.61 Å². The summed E-state index contributed by atoms with van der Waals surface area (Å²) in [6.45, 7) is 2.12. The van der Waals surface area contributed by atoms with Crippen molar-refractivity contribution in [1.82, 2.24) is 4.98 Å². The number of benzene rings is 1. The van der Waals surface area contributed by atoms with E-state index in [1.807, 2.05) is 30.3 Å². The molecule has 17 heavy (non-hydrogen) atoms. The van der Waals surface area contributed by atoms with Crippen LogP contribution in [0.15, 0.2) is 34.1 Å². The van der Waals surface area contributed by atoms with Crippen molar-refractivity contribution >= 4 is 33.2 Å². The standard InChI is InChI=1S/C12H10BrNO2S/c1-2-16-12(15)9-10(13)17-11(14-9)8-6-4-3-5-7-8/h3-7H,2H2,1H3. The topological polar surface area (TPSA) is 39.2 Å². The van der Waals surface area contributed by atoms with Crippen LogP contribution in [0.2, 0.25) is 0 Å². The van der Waals surface area contributed by atoms with Gasteiger partial charge in [-0.15, -0.1) is 11.3 Å². The first kappa shape index (κ1) is 12.3. The van der Waals surface area contributed by atoms with Crippen molar-refractivity contribution in [1.29, 1.82) is 0 Å². The molecule has 0 aliphatic carbocycles. The maximum atomic E-state index is 11.6. The predicted molar refractivity (Wildman–Crippen MR) is 71.2 cm³/mol. The lowest BCUT2D eigenvalue weighted by molar-refractivity contribution is 0.0519. The van der Waals surface area contributed by atoms with Crippen LogP contribution in [-0.2, 0) is 4.74 Å². The van der Waals surface area contributed by atoms with Crippen LogP contribution in [0, 0.1) is 0 Å². The molecule has 2 aromatic rings. The van der Waals surface area contributed by atoms with Gasteiger partial charge in [-0.1, -0.05) is 30.3 Å². The Morgan fingerprint density at radius 3 is 2.76 bits per heavy atom. The number of rotatable bonds is 3. The van der Waals surface area contributed by atoms with Crippen molar-refractivity contribution in [2.24, 2.45) is 0 Å². The lowest BCUT2D eigenvalue weighted by atomic mass is 10.2. The highest BCUT2D eigenvalue weighted by Gasteiger charge is 2.18. The van der Waals surface area contributed by atoms with E-state index in [2.05, 4.69) is 20.9 Å². The molecule has 0 atom stereocenters. The minimum absolute atomic E-state index is 0.343. The summed E-state index contributed by atoms with van der Waals surface area (Å²) in [6, 6.07) is 9.74. The number of ether oxygens (including phenoxy) is 1. The van der Waals surface area contributed by atoms with Crippen molar-refractivity contribution in [3.63, 3.8) is 0 Å². The number of halogens is 1. The van der Waals surface area contributed by atoms with Gasteiger partial charge >= 0.3 is 5.97 Å². The average Bonchev–Trinajstić information content (AvgIpc) is 2.73. The lowest BCUT2D eigenvalue weighted by Crippen LogP contribution is -2.05. The fourth-order valence-corrected chi connectivity index (χ4v) is 2.83. The van der Waals surface area contributed by atoms with Crippen molar-refractivity contribution in [3.8, 4) is 10.6 Å². The van der Waals surface area contributed by atoms with E-state index in [0.29, 0.717) is 16.1 Å². The van der Waals surface area contributed by atoms with Gasteiger partial charge < -0.3 is 4.74 Å². The van der Waals surface area contributed by atoms with Gasteiger partial charge in [-0.05, 0) is 22.9 Å². The molecule has 0 unspecified atom stereocenters. The Morgan fingerprint density at radius 1 is 1.41 bits per heavy atom. The number of carbonyl (C=O) groups excluding carboxylic acids is 1. The molecule has 0 aliphatic rings. The summed E-state index contributed by atoms with van der Waals surface area (Å²) in [6.07, 6.45) is 0. The van der Waals surface area contributed by atoms with Crippen LogP contribution >= 0.6 is 27.3 Å². The van der Waals surface area contributed by atoms with E-state index in [1.165, 1.54) is 11.3 Å². The summed E-state index contributed by atoms with van der Waals surface area (Å²) >= 11 is 4.77. The van der Waals surface area contributed by atoms with Gasteiger partial charge in [0, 0.05) is 5.56 Å². The van der Waals surface area contributed by atoms with Crippen LogP contribution in [0.1, 0.15) is 17.4 Å². The van der Waals surface area contributed by atoms with E-state index < -0.39 is 5.97 Å². The zero-order valence-electron chi connectivity index (χ0n) is 9.14. The smallest absolute Gasteiger partial charge is 0.359 e. The van der Waals surface area contributed by atoms with Gasteiger partial charge in [0.15, 0.2) is 5.69 Å².